The molecule has 25 heavy (non-hydrogen) atoms. The van der Waals surface area contributed by atoms with Crippen LogP contribution in [0.3, 0.4) is 0 Å². The zero-order valence-electron chi connectivity index (χ0n) is 14.8. The minimum atomic E-state index is -0.482. The lowest BCUT2D eigenvalue weighted by atomic mass is 9.73. The molecule has 130 valence electrons. The number of fused-ring (bicyclic) bond motifs is 2. The molecule has 2 amide bonds. The van der Waals surface area contributed by atoms with Gasteiger partial charge in [-0.15, -0.1) is 0 Å². The number of hydrogen-bond donors (Lipinski definition) is 0. The second kappa shape index (κ2) is 5.44. The van der Waals surface area contributed by atoms with Gasteiger partial charge < -0.3 is 9.80 Å². The Bertz CT molecular complexity index is 862. The molecule has 1 aromatic heterocycles. The van der Waals surface area contributed by atoms with Gasteiger partial charge in [-0.2, -0.15) is 5.10 Å². The Balaban J connectivity index is 1.59. The summed E-state index contributed by atoms with van der Waals surface area (Å²) in [5.41, 5.74) is 3.05. The van der Waals surface area contributed by atoms with Gasteiger partial charge in [0.1, 0.15) is 5.69 Å². The number of piperidine rings is 1. The van der Waals surface area contributed by atoms with Crippen LogP contribution >= 0.6 is 0 Å². The quantitative estimate of drug-likeness (QED) is 0.798. The summed E-state index contributed by atoms with van der Waals surface area (Å²) in [6, 6.07) is 9.82. The number of aryl methyl sites for hydroxylation is 2. The highest BCUT2D eigenvalue weighted by Gasteiger charge is 2.51. The number of benzene rings is 1. The average Bonchev–Trinajstić information content (AvgIpc) is 3.06. The highest BCUT2D eigenvalue weighted by Crippen LogP contribution is 2.47. The van der Waals surface area contributed by atoms with Gasteiger partial charge >= 0.3 is 0 Å². The third kappa shape index (κ3) is 2.20. The molecule has 1 spiro atoms. The van der Waals surface area contributed by atoms with Gasteiger partial charge in [0.25, 0.3) is 5.91 Å². The third-order valence-corrected chi connectivity index (χ3v) is 5.62. The van der Waals surface area contributed by atoms with Crippen LogP contribution in [0.1, 0.15) is 34.6 Å². The fraction of sp³-hybridized carbons (Fsp3) is 0.421. The minimum Gasteiger partial charge on any atom is -0.337 e. The van der Waals surface area contributed by atoms with Crippen molar-refractivity contribution < 1.29 is 9.59 Å². The maximum Gasteiger partial charge on any atom is 0.272 e. The molecule has 2 aliphatic heterocycles. The summed E-state index contributed by atoms with van der Waals surface area (Å²) >= 11 is 0. The summed E-state index contributed by atoms with van der Waals surface area (Å²) in [6.45, 7) is 3.04. The van der Waals surface area contributed by atoms with Gasteiger partial charge in [0.15, 0.2) is 0 Å². The molecule has 0 saturated carbocycles. The molecule has 3 heterocycles. The maximum atomic E-state index is 13.0. The molecule has 0 bridgehead atoms. The molecule has 6 heteroatoms. The van der Waals surface area contributed by atoms with E-state index in [1.165, 1.54) is 0 Å². The molecular formula is C19H22N4O2. The largest absolute Gasteiger partial charge is 0.337 e. The van der Waals surface area contributed by atoms with Crippen LogP contribution in [0.15, 0.2) is 30.3 Å². The fourth-order valence-electron chi connectivity index (χ4n) is 4.26. The lowest BCUT2D eigenvalue weighted by Gasteiger charge is -2.38. The van der Waals surface area contributed by atoms with Gasteiger partial charge in [0.05, 0.1) is 11.1 Å². The second-order valence-electron chi connectivity index (χ2n) is 7.05. The monoisotopic (exact) mass is 338 g/mol. The first kappa shape index (κ1) is 15.9. The van der Waals surface area contributed by atoms with Crippen LogP contribution in [0.2, 0.25) is 0 Å². The van der Waals surface area contributed by atoms with Gasteiger partial charge in [-0.05, 0) is 37.5 Å². The highest BCUT2D eigenvalue weighted by molar-refractivity contribution is 6.08. The Morgan fingerprint density at radius 2 is 1.84 bits per heavy atom. The Kier molecular flexibility index (Phi) is 3.45. The van der Waals surface area contributed by atoms with Crippen molar-refractivity contribution in [3.05, 3.63) is 47.3 Å². The topological polar surface area (TPSA) is 58.4 Å². The number of hydrogen-bond acceptors (Lipinski definition) is 3. The van der Waals surface area contributed by atoms with E-state index in [9.17, 15) is 9.59 Å². The van der Waals surface area contributed by atoms with E-state index in [4.69, 9.17) is 0 Å². The van der Waals surface area contributed by atoms with Crippen LogP contribution in [-0.4, -0.2) is 46.6 Å². The van der Waals surface area contributed by atoms with E-state index >= 15 is 0 Å². The molecule has 4 rings (SSSR count). The minimum absolute atomic E-state index is 0.00923. The fourth-order valence-corrected chi connectivity index (χ4v) is 4.26. The van der Waals surface area contributed by atoms with E-state index in [0.29, 0.717) is 31.6 Å². The van der Waals surface area contributed by atoms with Crippen molar-refractivity contribution in [3.63, 3.8) is 0 Å². The molecule has 2 aromatic rings. The average molecular weight is 338 g/mol. The third-order valence-electron chi connectivity index (χ3n) is 5.62. The van der Waals surface area contributed by atoms with Crippen molar-refractivity contribution in [1.29, 1.82) is 0 Å². The molecule has 6 nitrogen and oxygen atoms in total. The molecule has 0 N–H and O–H groups in total. The van der Waals surface area contributed by atoms with E-state index in [1.807, 2.05) is 43.1 Å². The van der Waals surface area contributed by atoms with E-state index in [1.54, 1.807) is 16.6 Å². The number of rotatable bonds is 1. The number of nitrogens with zero attached hydrogens (tertiary/aromatic N) is 4. The zero-order valence-corrected chi connectivity index (χ0v) is 14.8. The number of anilines is 1. The SMILES string of the molecule is Cc1cc(C(=O)N2CCC3(CC2)C(=O)N(C)c2ccccc23)n(C)n1. The van der Waals surface area contributed by atoms with Crippen LogP contribution < -0.4 is 4.90 Å². The van der Waals surface area contributed by atoms with Crippen molar-refractivity contribution in [1.82, 2.24) is 14.7 Å². The first-order valence-electron chi connectivity index (χ1n) is 8.61. The summed E-state index contributed by atoms with van der Waals surface area (Å²) in [5, 5.41) is 4.26. The summed E-state index contributed by atoms with van der Waals surface area (Å²) in [6.07, 6.45) is 1.32. The van der Waals surface area contributed by atoms with Gasteiger partial charge in [0, 0.05) is 32.9 Å². The summed E-state index contributed by atoms with van der Waals surface area (Å²) in [4.78, 5) is 29.4. The standard InChI is InChI=1S/C19H22N4O2/c1-13-12-16(22(3)20-13)17(24)23-10-8-19(9-11-23)14-6-4-5-7-15(14)21(2)18(19)25/h4-7,12H,8-11H2,1-3H3. The van der Waals surface area contributed by atoms with Crippen molar-refractivity contribution >= 4 is 17.5 Å². The summed E-state index contributed by atoms with van der Waals surface area (Å²) in [5.74, 6) is 0.141. The van der Waals surface area contributed by atoms with E-state index in [-0.39, 0.29) is 11.8 Å². The van der Waals surface area contributed by atoms with Crippen molar-refractivity contribution in [3.8, 4) is 0 Å². The number of para-hydroxylation sites is 1. The first-order valence-corrected chi connectivity index (χ1v) is 8.61. The molecule has 0 unspecified atom stereocenters. The Hall–Kier alpha value is -2.63. The van der Waals surface area contributed by atoms with Crippen LogP contribution in [-0.2, 0) is 17.3 Å². The van der Waals surface area contributed by atoms with Crippen LogP contribution in [0, 0.1) is 6.92 Å². The number of carbonyl (C=O) groups excluding carboxylic acids is 2. The molecule has 1 saturated heterocycles. The number of likely N-dealkylation sites (N-methyl/N-ethyl adjacent to an activating group) is 1. The molecule has 0 radical (unpaired) electrons. The van der Waals surface area contributed by atoms with E-state index in [2.05, 4.69) is 11.2 Å². The Labute approximate surface area is 147 Å². The van der Waals surface area contributed by atoms with Crippen LogP contribution in [0.5, 0.6) is 0 Å². The van der Waals surface area contributed by atoms with E-state index in [0.717, 1.165) is 16.9 Å². The smallest absolute Gasteiger partial charge is 0.272 e. The van der Waals surface area contributed by atoms with Crippen molar-refractivity contribution in [2.24, 2.45) is 7.05 Å². The molecule has 0 aliphatic carbocycles. The maximum absolute atomic E-state index is 13.0. The Morgan fingerprint density at radius 3 is 2.48 bits per heavy atom. The summed E-state index contributed by atoms with van der Waals surface area (Å²) < 4.78 is 1.63. The number of amides is 2. The van der Waals surface area contributed by atoms with Crippen molar-refractivity contribution in [2.45, 2.75) is 25.2 Å². The number of aromatic nitrogens is 2. The second-order valence-corrected chi connectivity index (χ2v) is 7.05. The van der Waals surface area contributed by atoms with Crippen LogP contribution in [0.4, 0.5) is 5.69 Å². The highest BCUT2D eigenvalue weighted by atomic mass is 16.2. The predicted octanol–water partition coefficient (Wildman–Crippen LogP) is 1.88. The number of carbonyl (C=O) groups is 2. The normalized spacial score (nSPS) is 18.8. The predicted molar refractivity (Wildman–Crippen MR) is 94.6 cm³/mol. The lowest BCUT2D eigenvalue weighted by Crippen LogP contribution is -2.49. The van der Waals surface area contributed by atoms with E-state index < -0.39 is 5.41 Å². The lowest BCUT2D eigenvalue weighted by molar-refractivity contribution is -0.124. The van der Waals surface area contributed by atoms with Gasteiger partial charge in [-0.3, -0.25) is 14.3 Å². The molecule has 1 fully saturated rings. The first-order chi connectivity index (χ1) is 11.9. The summed E-state index contributed by atoms with van der Waals surface area (Å²) in [7, 11) is 3.63. The van der Waals surface area contributed by atoms with Crippen LogP contribution in [0.25, 0.3) is 0 Å². The molecule has 0 atom stereocenters. The van der Waals surface area contributed by atoms with Gasteiger partial charge in [-0.25, -0.2) is 0 Å². The Morgan fingerprint density at radius 1 is 1.16 bits per heavy atom. The molecular weight excluding hydrogens is 316 g/mol. The van der Waals surface area contributed by atoms with Gasteiger partial charge in [-0.1, -0.05) is 18.2 Å². The molecule has 1 aromatic carbocycles. The van der Waals surface area contributed by atoms with Gasteiger partial charge in [0.2, 0.25) is 5.91 Å². The number of likely N-dealkylation sites (tertiary alicyclic amines) is 1. The zero-order chi connectivity index (χ0) is 17.8. The molecule has 2 aliphatic rings. The van der Waals surface area contributed by atoms with Crippen molar-refractivity contribution in [2.75, 3.05) is 25.0 Å².